The number of benzene rings is 1. The first kappa shape index (κ1) is 11.9. The number of alkyl halides is 1. The van der Waals surface area contributed by atoms with Crippen LogP contribution in [0.25, 0.3) is 0 Å². The standard InChI is InChI=1S/C13H18BrNO/c14-7-3-4-8-15-9-11-10-16-13-6-2-1-5-12(11)13/h1-2,5-6,11,15H,3-4,7-10H2. The van der Waals surface area contributed by atoms with Gasteiger partial charge in [0.1, 0.15) is 5.75 Å². The van der Waals surface area contributed by atoms with Gasteiger partial charge in [0, 0.05) is 23.4 Å². The van der Waals surface area contributed by atoms with Gasteiger partial charge in [-0.15, -0.1) is 0 Å². The molecule has 0 saturated heterocycles. The molecule has 16 heavy (non-hydrogen) atoms. The first-order chi connectivity index (χ1) is 7.92. The maximum Gasteiger partial charge on any atom is 0.122 e. The zero-order chi connectivity index (χ0) is 11.2. The Morgan fingerprint density at radius 3 is 3.06 bits per heavy atom. The van der Waals surface area contributed by atoms with E-state index in [2.05, 4.69) is 39.4 Å². The first-order valence-electron chi connectivity index (χ1n) is 5.90. The molecule has 1 aliphatic rings. The summed E-state index contributed by atoms with van der Waals surface area (Å²) in [5.74, 6) is 1.59. The van der Waals surface area contributed by atoms with E-state index in [9.17, 15) is 0 Å². The van der Waals surface area contributed by atoms with Gasteiger partial charge in [-0.25, -0.2) is 0 Å². The topological polar surface area (TPSA) is 21.3 Å². The summed E-state index contributed by atoms with van der Waals surface area (Å²) in [5.41, 5.74) is 1.36. The molecule has 1 aromatic rings. The third-order valence-electron chi connectivity index (χ3n) is 2.93. The number of unbranched alkanes of at least 4 members (excludes halogenated alkanes) is 1. The molecule has 2 rings (SSSR count). The molecule has 2 nitrogen and oxygen atoms in total. The SMILES string of the molecule is BrCCCCNCC1COc2ccccc21. The summed E-state index contributed by atoms with van der Waals surface area (Å²) in [6, 6.07) is 8.35. The average Bonchev–Trinajstić information content (AvgIpc) is 2.73. The number of fused-ring (bicyclic) bond motifs is 1. The Kier molecular flexibility index (Phi) is 4.67. The van der Waals surface area contributed by atoms with E-state index in [4.69, 9.17) is 4.74 Å². The van der Waals surface area contributed by atoms with E-state index in [1.807, 2.05) is 6.07 Å². The minimum atomic E-state index is 0.528. The highest BCUT2D eigenvalue weighted by atomic mass is 79.9. The zero-order valence-electron chi connectivity index (χ0n) is 9.42. The Bertz CT molecular complexity index is 329. The summed E-state index contributed by atoms with van der Waals surface area (Å²) in [7, 11) is 0. The first-order valence-corrected chi connectivity index (χ1v) is 7.02. The molecule has 0 aromatic heterocycles. The van der Waals surface area contributed by atoms with E-state index >= 15 is 0 Å². The number of nitrogens with one attached hydrogen (secondary N) is 1. The largest absolute Gasteiger partial charge is 0.493 e. The maximum atomic E-state index is 5.64. The average molecular weight is 284 g/mol. The maximum absolute atomic E-state index is 5.64. The van der Waals surface area contributed by atoms with E-state index in [-0.39, 0.29) is 0 Å². The monoisotopic (exact) mass is 283 g/mol. The summed E-state index contributed by atoms with van der Waals surface area (Å²) >= 11 is 3.44. The highest BCUT2D eigenvalue weighted by Gasteiger charge is 2.22. The molecule has 1 heterocycles. The lowest BCUT2D eigenvalue weighted by atomic mass is 10.0. The van der Waals surface area contributed by atoms with Gasteiger partial charge in [0.05, 0.1) is 6.61 Å². The van der Waals surface area contributed by atoms with E-state index in [0.717, 1.165) is 30.8 Å². The summed E-state index contributed by atoms with van der Waals surface area (Å²) in [6.45, 7) is 2.95. The van der Waals surface area contributed by atoms with Crippen LogP contribution in [0.1, 0.15) is 24.3 Å². The summed E-state index contributed by atoms with van der Waals surface area (Å²) in [6.07, 6.45) is 2.48. The van der Waals surface area contributed by atoms with Crippen molar-refractivity contribution in [2.24, 2.45) is 0 Å². The number of hydrogen-bond acceptors (Lipinski definition) is 2. The lowest BCUT2D eigenvalue weighted by molar-refractivity contribution is 0.326. The number of halogens is 1. The van der Waals surface area contributed by atoms with Crippen molar-refractivity contribution in [3.05, 3.63) is 29.8 Å². The highest BCUT2D eigenvalue weighted by Crippen LogP contribution is 2.32. The lowest BCUT2D eigenvalue weighted by Gasteiger charge is -2.09. The Morgan fingerprint density at radius 2 is 2.19 bits per heavy atom. The van der Waals surface area contributed by atoms with E-state index in [1.54, 1.807) is 0 Å². The van der Waals surface area contributed by atoms with Crippen LogP contribution >= 0.6 is 15.9 Å². The molecule has 1 N–H and O–H groups in total. The molecule has 0 saturated carbocycles. The normalized spacial score (nSPS) is 18.2. The molecule has 3 heteroatoms. The Labute approximate surface area is 106 Å². The van der Waals surface area contributed by atoms with Crippen LogP contribution in [-0.2, 0) is 0 Å². The Morgan fingerprint density at radius 1 is 1.31 bits per heavy atom. The summed E-state index contributed by atoms with van der Waals surface area (Å²) < 4.78 is 5.64. The predicted molar refractivity (Wildman–Crippen MR) is 70.6 cm³/mol. The van der Waals surface area contributed by atoms with E-state index in [0.29, 0.717) is 5.92 Å². The smallest absolute Gasteiger partial charge is 0.122 e. The number of rotatable bonds is 6. The van der Waals surface area contributed by atoms with Crippen LogP contribution in [0, 0.1) is 0 Å². The van der Waals surface area contributed by atoms with E-state index < -0.39 is 0 Å². The van der Waals surface area contributed by atoms with Crippen LogP contribution in [-0.4, -0.2) is 25.0 Å². The molecule has 1 unspecified atom stereocenters. The third-order valence-corrected chi connectivity index (χ3v) is 3.49. The molecule has 0 bridgehead atoms. The van der Waals surface area contributed by atoms with Gasteiger partial charge in [0.2, 0.25) is 0 Å². The number of hydrogen-bond donors (Lipinski definition) is 1. The van der Waals surface area contributed by atoms with Crippen LogP contribution < -0.4 is 10.1 Å². The van der Waals surface area contributed by atoms with E-state index in [1.165, 1.54) is 18.4 Å². The van der Waals surface area contributed by atoms with Gasteiger partial charge in [-0.3, -0.25) is 0 Å². The van der Waals surface area contributed by atoms with Gasteiger partial charge >= 0.3 is 0 Å². The fraction of sp³-hybridized carbons (Fsp3) is 0.538. The molecule has 0 spiro atoms. The summed E-state index contributed by atoms with van der Waals surface area (Å²) in [5, 5.41) is 4.60. The molecule has 0 aliphatic carbocycles. The van der Waals surface area contributed by atoms with Crippen molar-refractivity contribution in [2.45, 2.75) is 18.8 Å². The van der Waals surface area contributed by atoms with Gasteiger partial charge in [0.25, 0.3) is 0 Å². The summed E-state index contributed by atoms with van der Waals surface area (Å²) in [4.78, 5) is 0. The van der Waals surface area contributed by atoms with Crippen molar-refractivity contribution >= 4 is 15.9 Å². The van der Waals surface area contributed by atoms with Crippen LogP contribution in [0.3, 0.4) is 0 Å². The quantitative estimate of drug-likeness (QED) is 0.640. The zero-order valence-corrected chi connectivity index (χ0v) is 11.0. The molecule has 1 aliphatic heterocycles. The van der Waals surface area contributed by atoms with Gasteiger partial charge in [0.15, 0.2) is 0 Å². The molecule has 1 aromatic carbocycles. The van der Waals surface area contributed by atoms with Crippen LogP contribution in [0.4, 0.5) is 0 Å². The molecular weight excluding hydrogens is 266 g/mol. The second kappa shape index (κ2) is 6.26. The second-order valence-electron chi connectivity index (χ2n) is 4.15. The predicted octanol–water partition coefficient (Wildman–Crippen LogP) is 2.93. The van der Waals surface area contributed by atoms with Crippen molar-refractivity contribution in [2.75, 3.05) is 25.0 Å². The van der Waals surface area contributed by atoms with Gasteiger partial charge in [-0.2, -0.15) is 0 Å². The Balaban J connectivity index is 1.76. The minimum absolute atomic E-state index is 0.528. The van der Waals surface area contributed by atoms with Gasteiger partial charge in [-0.05, 0) is 25.5 Å². The molecular formula is C13H18BrNO. The van der Waals surface area contributed by atoms with Crippen molar-refractivity contribution in [3.8, 4) is 5.75 Å². The fourth-order valence-electron chi connectivity index (χ4n) is 2.02. The molecule has 0 amide bonds. The van der Waals surface area contributed by atoms with Gasteiger partial charge in [-0.1, -0.05) is 34.1 Å². The minimum Gasteiger partial charge on any atom is -0.493 e. The van der Waals surface area contributed by atoms with Gasteiger partial charge < -0.3 is 10.1 Å². The van der Waals surface area contributed by atoms with Crippen molar-refractivity contribution in [1.29, 1.82) is 0 Å². The molecule has 88 valence electrons. The molecule has 0 fully saturated rings. The van der Waals surface area contributed by atoms with Crippen molar-refractivity contribution in [1.82, 2.24) is 5.32 Å². The molecule has 0 radical (unpaired) electrons. The number of ether oxygens (including phenoxy) is 1. The number of para-hydroxylation sites is 1. The highest BCUT2D eigenvalue weighted by molar-refractivity contribution is 9.09. The third kappa shape index (κ3) is 2.98. The molecule has 1 atom stereocenters. The Hall–Kier alpha value is -0.540. The van der Waals surface area contributed by atoms with Crippen molar-refractivity contribution in [3.63, 3.8) is 0 Å². The fourth-order valence-corrected chi connectivity index (χ4v) is 2.42. The van der Waals surface area contributed by atoms with Crippen LogP contribution in [0.15, 0.2) is 24.3 Å². The van der Waals surface area contributed by atoms with Crippen LogP contribution in [0.2, 0.25) is 0 Å². The lowest BCUT2D eigenvalue weighted by Crippen LogP contribution is -2.23. The second-order valence-corrected chi connectivity index (χ2v) is 4.94. The van der Waals surface area contributed by atoms with Crippen LogP contribution in [0.5, 0.6) is 5.75 Å². The van der Waals surface area contributed by atoms with Crippen molar-refractivity contribution < 1.29 is 4.74 Å².